The van der Waals surface area contributed by atoms with Crippen LogP contribution in [-0.4, -0.2) is 35.1 Å². The average molecular weight is 332 g/mol. The minimum absolute atomic E-state index is 0.148. The predicted molar refractivity (Wildman–Crippen MR) is 95.0 cm³/mol. The minimum Gasteiger partial charge on any atom is -0.444 e. The molecule has 5 nitrogen and oxygen atoms in total. The topological polar surface area (TPSA) is 58.6 Å². The highest BCUT2D eigenvalue weighted by Crippen LogP contribution is 2.22. The Kier molecular flexibility index (Phi) is 5.86. The highest BCUT2D eigenvalue weighted by molar-refractivity contribution is 5.96. The molecule has 1 aromatic rings. The molecule has 0 saturated carbocycles. The number of carbonyl (C=O) groups is 2. The lowest BCUT2D eigenvalue weighted by Crippen LogP contribution is -2.51. The van der Waals surface area contributed by atoms with Gasteiger partial charge in [0.1, 0.15) is 11.6 Å². The van der Waals surface area contributed by atoms with E-state index in [1.54, 1.807) is 4.90 Å². The van der Waals surface area contributed by atoms with Gasteiger partial charge in [0.05, 0.1) is 0 Å². The molecule has 1 fully saturated rings. The molecule has 2 amide bonds. The van der Waals surface area contributed by atoms with Gasteiger partial charge in [0, 0.05) is 12.2 Å². The number of nitrogens with zero attached hydrogens (tertiary/aromatic N) is 1. The van der Waals surface area contributed by atoms with Crippen LogP contribution in [0.2, 0.25) is 0 Å². The van der Waals surface area contributed by atoms with Crippen LogP contribution in [-0.2, 0) is 16.0 Å². The third kappa shape index (κ3) is 4.98. The van der Waals surface area contributed by atoms with Crippen molar-refractivity contribution in [3.63, 3.8) is 0 Å². The minimum atomic E-state index is -0.564. The first-order valence-corrected chi connectivity index (χ1v) is 8.69. The molecule has 1 aromatic carbocycles. The molecule has 0 radical (unpaired) electrons. The van der Waals surface area contributed by atoms with Gasteiger partial charge >= 0.3 is 6.09 Å². The van der Waals surface area contributed by atoms with E-state index in [2.05, 4.69) is 12.2 Å². The third-order valence-corrected chi connectivity index (χ3v) is 4.06. The molecule has 1 saturated heterocycles. The van der Waals surface area contributed by atoms with Gasteiger partial charge in [-0.15, -0.1) is 0 Å². The Morgan fingerprint density at radius 2 is 1.88 bits per heavy atom. The maximum absolute atomic E-state index is 12.6. The molecule has 0 aliphatic carbocycles. The number of piperidine rings is 1. The summed E-state index contributed by atoms with van der Waals surface area (Å²) in [6.45, 7) is 8.15. The molecular formula is C19H28N2O3. The number of anilines is 1. The van der Waals surface area contributed by atoms with Crippen molar-refractivity contribution in [2.24, 2.45) is 0 Å². The molecule has 0 spiro atoms. The first kappa shape index (κ1) is 18.3. The highest BCUT2D eigenvalue weighted by Gasteiger charge is 2.34. The van der Waals surface area contributed by atoms with Crippen LogP contribution >= 0.6 is 0 Å². The number of hydrogen-bond acceptors (Lipinski definition) is 3. The van der Waals surface area contributed by atoms with Crippen LogP contribution < -0.4 is 5.32 Å². The number of amides is 2. The zero-order chi connectivity index (χ0) is 17.7. The van der Waals surface area contributed by atoms with Gasteiger partial charge in [-0.2, -0.15) is 0 Å². The Morgan fingerprint density at radius 3 is 2.46 bits per heavy atom. The van der Waals surface area contributed by atoms with E-state index in [0.29, 0.717) is 13.0 Å². The number of ether oxygens (including phenoxy) is 1. The maximum atomic E-state index is 12.6. The largest absolute Gasteiger partial charge is 0.444 e. The van der Waals surface area contributed by atoms with E-state index in [-0.39, 0.29) is 5.91 Å². The summed E-state index contributed by atoms with van der Waals surface area (Å²) < 4.78 is 5.45. The first-order valence-electron chi connectivity index (χ1n) is 8.69. The molecule has 1 N–H and O–H groups in total. The van der Waals surface area contributed by atoms with Crippen LogP contribution in [0.3, 0.4) is 0 Å². The standard InChI is InChI=1S/C19H28N2O3/c1-5-14-9-11-15(12-10-14)20-17(22)16-8-6-7-13-21(16)18(23)24-19(2,3)4/h9-12,16H,5-8,13H2,1-4H3,(H,20,22). The van der Waals surface area contributed by atoms with E-state index >= 15 is 0 Å². The Balaban J connectivity index is 2.05. The van der Waals surface area contributed by atoms with Crippen molar-refractivity contribution >= 4 is 17.7 Å². The Labute approximate surface area is 144 Å². The second kappa shape index (κ2) is 7.69. The summed E-state index contributed by atoms with van der Waals surface area (Å²) >= 11 is 0. The summed E-state index contributed by atoms with van der Waals surface area (Å²) in [5.41, 5.74) is 1.42. The van der Waals surface area contributed by atoms with Crippen molar-refractivity contribution in [3.05, 3.63) is 29.8 Å². The van der Waals surface area contributed by atoms with E-state index in [0.717, 1.165) is 24.9 Å². The average Bonchev–Trinajstić information content (AvgIpc) is 2.54. The van der Waals surface area contributed by atoms with Crippen molar-refractivity contribution in [1.82, 2.24) is 4.90 Å². The lowest BCUT2D eigenvalue weighted by molar-refractivity contribution is -0.122. The number of aryl methyl sites for hydroxylation is 1. The normalized spacial score (nSPS) is 18.2. The number of hydrogen-bond donors (Lipinski definition) is 1. The quantitative estimate of drug-likeness (QED) is 0.911. The van der Waals surface area contributed by atoms with Crippen molar-refractivity contribution in [3.8, 4) is 0 Å². The molecule has 0 bridgehead atoms. The monoisotopic (exact) mass is 332 g/mol. The number of rotatable bonds is 3. The molecule has 2 rings (SSSR count). The Bertz CT molecular complexity index is 575. The Hall–Kier alpha value is -2.04. The molecule has 24 heavy (non-hydrogen) atoms. The molecule has 1 aliphatic rings. The third-order valence-electron chi connectivity index (χ3n) is 4.06. The fraction of sp³-hybridized carbons (Fsp3) is 0.579. The highest BCUT2D eigenvalue weighted by atomic mass is 16.6. The van der Waals surface area contributed by atoms with Gasteiger partial charge < -0.3 is 10.1 Å². The summed E-state index contributed by atoms with van der Waals surface area (Å²) in [6.07, 6.45) is 3.05. The second-order valence-corrected chi connectivity index (χ2v) is 7.23. The molecule has 1 atom stereocenters. The van der Waals surface area contributed by atoms with E-state index < -0.39 is 17.7 Å². The van der Waals surface area contributed by atoms with Crippen LogP contribution in [0, 0.1) is 0 Å². The van der Waals surface area contributed by atoms with E-state index in [4.69, 9.17) is 4.74 Å². The van der Waals surface area contributed by atoms with Gasteiger partial charge in [0.2, 0.25) is 5.91 Å². The number of carbonyl (C=O) groups excluding carboxylic acids is 2. The number of nitrogens with one attached hydrogen (secondary N) is 1. The Morgan fingerprint density at radius 1 is 1.21 bits per heavy atom. The second-order valence-electron chi connectivity index (χ2n) is 7.23. The van der Waals surface area contributed by atoms with Crippen molar-refractivity contribution in [2.75, 3.05) is 11.9 Å². The molecule has 1 heterocycles. The van der Waals surface area contributed by atoms with Crippen molar-refractivity contribution in [1.29, 1.82) is 0 Å². The summed E-state index contributed by atoms with van der Waals surface area (Å²) in [4.78, 5) is 26.6. The van der Waals surface area contributed by atoms with Crippen LogP contribution in [0.1, 0.15) is 52.5 Å². The lowest BCUT2D eigenvalue weighted by atomic mass is 10.0. The first-order chi connectivity index (χ1) is 11.3. The SMILES string of the molecule is CCc1ccc(NC(=O)C2CCCCN2C(=O)OC(C)(C)C)cc1. The van der Waals surface area contributed by atoms with Gasteiger partial charge in [-0.3, -0.25) is 9.69 Å². The predicted octanol–water partition coefficient (Wildman–Crippen LogP) is 3.98. The fourth-order valence-corrected chi connectivity index (χ4v) is 2.79. The zero-order valence-electron chi connectivity index (χ0n) is 15.1. The number of likely N-dealkylation sites (tertiary alicyclic amines) is 1. The van der Waals surface area contributed by atoms with Crippen LogP contribution in [0.25, 0.3) is 0 Å². The van der Waals surface area contributed by atoms with Crippen LogP contribution in [0.15, 0.2) is 24.3 Å². The smallest absolute Gasteiger partial charge is 0.410 e. The van der Waals surface area contributed by atoms with Gasteiger partial charge in [-0.05, 0) is 64.2 Å². The molecular weight excluding hydrogens is 304 g/mol. The van der Waals surface area contributed by atoms with Crippen molar-refractivity contribution in [2.45, 2.75) is 65.0 Å². The van der Waals surface area contributed by atoms with E-state index in [1.807, 2.05) is 45.0 Å². The molecule has 1 unspecified atom stereocenters. The number of benzene rings is 1. The lowest BCUT2D eigenvalue weighted by Gasteiger charge is -2.35. The van der Waals surface area contributed by atoms with Gasteiger partial charge in [0.25, 0.3) is 0 Å². The molecule has 1 aliphatic heterocycles. The van der Waals surface area contributed by atoms with Gasteiger partial charge in [0.15, 0.2) is 0 Å². The summed E-state index contributed by atoms with van der Waals surface area (Å²) in [6, 6.07) is 7.33. The van der Waals surface area contributed by atoms with Gasteiger partial charge in [-0.1, -0.05) is 19.1 Å². The molecule has 132 valence electrons. The van der Waals surface area contributed by atoms with Crippen LogP contribution in [0.5, 0.6) is 0 Å². The molecule has 0 aromatic heterocycles. The van der Waals surface area contributed by atoms with Gasteiger partial charge in [-0.25, -0.2) is 4.79 Å². The fourth-order valence-electron chi connectivity index (χ4n) is 2.79. The van der Waals surface area contributed by atoms with E-state index in [9.17, 15) is 9.59 Å². The molecule has 5 heteroatoms. The zero-order valence-corrected chi connectivity index (χ0v) is 15.1. The van der Waals surface area contributed by atoms with Crippen molar-refractivity contribution < 1.29 is 14.3 Å². The van der Waals surface area contributed by atoms with E-state index in [1.165, 1.54) is 5.56 Å². The summed E-state index contributed by atoms with van der Waals surface area (Å²) in [7, 11) is 0. The van der Waals surface area contributed by atoms with Crippen LogP contribution in [0.4, 0.5) is 10.5 Å². The summed E-state index contributed by atoms with van der Waals surface area (Å²) in [5, 5.41) is 2.92. The summed E-state index contributed by atoms with van der Waals surface area (Å²) in [5.74, 6) is -0.148. The maximum Gasteiger partial charge on any atom is 0.410 e.